The summed E-state index contributed by atoms with van der Waals surface area (Å²) in [5.41, 5.74) is 0. The molecule has 0 N–H and O–H groups in total. The molecule has 86 valence electrons. The van der Waals surface area contributed by atoms with E-state index in [1.165, 1.54) is 7.11 Å². The van der Waals surface area contributed by atoms with Crippen LogP contribution in [0.4, 0.5) is 0 Å². The van der Waals surface area contributed by atoms with Crippen molar-refractivity contribution in [2.75, 3.05) is 20.3 Å². The van der Waals surface area contributed by atoms with E-state index in [0.717, 1.165) is 0 Å². The van der Waals surface area contributed by atoms with Crippen LogP contribution in [0.3, 0.4) is 0 Å². The minimum absolute atomic E-state index is 0.0177. The van der Waals surface area contributed by atoms with Crippen LogP contribution in [0.15, 0.2) is 0 Å². The lowest BCUT2D eigenvalue weighted by molar-refractivity contribution is -0.181. The van der Waals surface area contributed by atoms with Crippen LogP contribution in [-0.4, -0.2) is 44.3 Å². The second kappa shape index (κ2) is 3.73. The summed E-state index contributed by atoms with van der Waals surface area (Å²) >= 11 is 0. The monoisotopic (exact) mass is 216 g/mol. The van der Waals surface area contributed by atoms with Gasteiger partial charge in [0.25, 0.3) is 0 Å². The summed E-state index contributed by atoms with van der Waals surface area (Å²) in [7, 11) is 1.36. The van der Waals surface area contributed by atoms with Crippen LogP contribution in [0, 0.1) is 5.92 Å². The fourth-order valence-electron chi connectivity index (χ4n) is 1.90. The average molecular weight is 216 g/mol. The van der Waals surface area contributed by atoms with Gasteiger partial charge in [0.1, 0.15) is 6.10 Å². The standard InChI is InChI=1S/C10H16O5/c1-6(10(2)13-4-5-14-10)7-8(15-7)9(11)12-3/h6-8H,4-5H2,1-3H3. The number of epoxide rings is 1. The number of esters is 1. The van der Waals surface area contributed by atoms with E-state index < -0.39 is 11.9 Å². The predicted molar refractivity (Wildman–Crippen MR) is 50.2 cm³/mol. The van der Waals surface area contributed by atoms with Gasteiger partial charge in [-0.3, -0.25) is 0 Å². The molecule has 5 heteroatoms. The van der Waals surface area contributed by atoms with E-state index in [1.807, 2.05) is 13.8 Å². The fraction of sp³-hybridized carbons (Fsp3) is 0.900. The molecule has 0 bridgehead atoms. The van der Waals surface area contributed by atoms with Gasteiger partial charge in [0.2, 0.25) is 0 Å². The fourth-order valence-corrected chi connectivity index (χ4v) is 1.90. The molecule has 0 aromatic heterocycles. The second-order valence-electron chi connectivity index (χ2n) is 4.05. The SMILES string of the molecule is COC(=O)C1OC1C(C)C1(C)OCCO1. The zero-order chi connectivity index (χ0) is 11.1. The lowest BCUT2D eigenvalue weighted by Gasteiger charge is -2.28. The second-order valence-corrected chi connectivity index (χ2v) is 4.05. The Morgan fingerprint density at radius 3 is 2.60 bits per heavy atom. The summed E-state index contributed by atoms with van der Waals surface area (Å²) in [6, 6.07) is 0. The molecule has 3 unspecified atom stereocenters. The van der Waals surface area contributed by atoms with Crippen LogP contribution >= 0.6 is 0 Å². The van der Waals surface area contributed by atoms with E-state index in [0.29, 0.717) is 13.2 Å². The third kappa shape index (κ3) is 1.87. The van der Waals surface area contributed by atoms with Gasteiger partial charge in [0, 0.05) is 5.92 Å². The molecule has 2 aliphatic rings. The Morgan fingerprint density at radius 2 is 2.07 bits per heavy atom. The van der Waals surface area contributed by atoms with Crippen LogP contribution in [0.25, 0.3) is 0 Å². The van der Waals surface area contributed by atoms with E-state index in [9.17, 15) is 4.79 Å². The zero-order valence-corrected chi connectivity index (χ0v) is 9.19. The molecule has 15 heavy (non-hydrogen) atoms. The summed E-state index contributed by atoms with van der Waals surface area (Å²) in [5.74, 6) is -0.939. The third-order valence-corrected chi connectivity index (χ3v) is 3.14. The Hall–Kier alpha value is -0.650. The molecule has 0 radical (unpaired) electrons. The van der Waals surface area contributed by atoms with Crippen molar-refractivity contribution in [2.45, 2.75) is 31.8 Å². The Balaban J connectivity index is 1.93. The van der Waals surface area contributed by atoms with Gasteiger partial charge in [-0.25, -0.2) is 4.79 Å². The van der Waals surface area contributed by atoms with Gasteiger partial charge >= 0.3 is 5.97 Å². The van der Waals surface area contributed by atoms with E-state index in [4.69, 9.17) is 14.2 Å². The molecule has 2 aliphatic heterocycles. The van der Waals surface area contributed by atoms with E-state index in [1.54, 1.807) is 0 Å². The van der Waals surface area contributed by atoms with Gasteiger partial charge in [-0.1, -0.05) is 6.92 Å². The molecule has 5 nitrogen and oxygen atoms in total. The lowest BCUT2D eigenvalue weighted by Crippen LogP contribution is -2.38. The first-order valence-electron chi connectivity index (χ1n) is 5.09. The van der Waals surface area contributed by atoms with Crippen molar-refractivity contribution in [1.82, 2.24) is 0 Å². The summed E-state index contributed by atoms with van der Waals surface area (Å²) in [5, 5.41) is 0. The number of hydrogen-bond donors (Lipinski definition) is 0. The zero-order valence-electron chi connectivity index (χ0n) is 9.19. The Bertz CT molecular complexity index is 259. The molecule has 2 rings (SSSR count). The summed E-state index contributed by atoms with van der Waals surface area (Å²) < 4.78 is 20.9. The first kappa shape index (κ1) is 10.9. The highest BCUT2D eigenvalue weighted by Crippen LogP contribution is 2.40. The number of methoxy groups -OCH3 is 1. The van der Waals surface area contributed by atoms with Gasteiger partial charge in [0.05, 0.1) is 20.3 Å². The number of hydrogen-bond acceptors (Lipinski definition) is 5. The van der Waals surface area contributed by atoms with E-state index in [2.05, 4.69) is 4.74 Å². The highest BCUT2D eigenvalue weighted by Gasteiger charge is 2.56. The number of rotatable bonds is 3. The number of carbonyl (C=O) groups excluding carboxylic acids is 1. The highest BCUT2D eigenvalue weighted by atomic mass is 16.7. The van der Waals surface area contributed by atoms with Gasteiger partial charge in [-0.05, 0) is 6.92 Å². The molecule has 2 fully saturated rings. The first-order valence-corrected chi connectivity index (χ1v) is 5.09. The van der Waals surface area contributed by atoms with Crippen LogP contribution in [0.2, 0.25) is 0 Å². The lowest BCUT2D eigenvalue weighted by atomic mass is 9.96. The Labute approximate surface area is 88.6 Å². The molecular formula is C10H16O5. The molecule has 0 aromatic carbocycles. The minimum atomic E-state index is -0.632. The molecule has 0 amide bonds. The van der Waals surface area contributed by atoms with Gasteiger partial charge in [-0.15, -0.1) is 0 Å². The quantitative estimate of drug-likeness (QED) is 0.502. The normalized spacial score (nSPS) is 34.9. The minimum Gasteiger partial charge on any atom is -0.467 e. The molecule has 0 aromatic rings. The van der Waals surface area contributed by atoms with Crippen molar-refractivity contribution in [3.05, 3.63) is 0 Å². The van der Waals surface area contributed by atoms with Crippen molar-refractivity contribution in [1.29, 1.82) is 0 Å². The Kier molecular flexibility index (Phi) is 2.70. The predicted octanol–water partition coefficient (Wildman–Crippen LogP) is 0.326. The third-order valence-electron chi connectivity index (χ3n) is 3.14. The van der Waals surface area contributed by atoms with Gasteiger partial charge in [-0.2, -0.15) is 0 Å². The number of ether oxygens (including phenoxy) is 4. The maximum absolute atomic E-state index is 11.2. The molecule has 0 saturated carbocycles. The van der Waals surface area contributed by atoms with Crippen molar-refractivity contribution >= 4 is 5.97 Å². The Morgan fingerprint density at radius 1 is 1.47 bits per heavy atom. The van der Waals surface area contributed by atoms with Gasteiger partial charge in [0.15, 0.2) is 11.9 Å². The first-order chi connectivity index (χ1) is 7.08. The number of carbonyl (C=O) groups is 1. The largest absolute Gasteiger partial charge is 0.467 e. The molecule has 3 atom stereocenters. The van der Waals surface area contributed by atoms with Crippen molar-refractivity contribution < 1.29 is 23.7 Å². The molecule has 0 spiro atoms. The topological polar surface area (TPSA) is 57.3 Å². The van der Waals surface area contributed by atoms with Crippen molar-refractivity contribution in [3.63, 3.8) is 0 Å². The smallest absolute Gasteiger partial charge is 0.337 e. The van der Waals surface area contributed by atoms with Crippen LogP contribution in [0.5, 0.6) is 0 Å². The summed E-state index contributed by atoms with van der Waals surface area (Å²) in [6.45, 7) is 5.02. The summed E-state index contributed by atoms with van der Waals surface area (Å²) in [4.78, 5) is 11.2. The van der Waals surface area contributed by atoms with E-state index in [-0.39, 0.29) is 18.0 Å². The van der Waals surface area contributed by atoms with Crippen LogP contribution in [-0.2, 0) is 23.7 Å². The van der Waals surface area contributed by atoms with Crippen LogP contribution in [0.1, 0.15) is 13.8 Å². The van der Waals surface area contributed by atoms with E-state index >= 15 is 0 Å². The maximum Gasteiger partial charge on any atom is 0.337 e. The summed E-state index contributed by atoms with van der Waals surface area (Å²) in [6.07, 6.45) is -0.602. The van der Waals surface area contributed by atoms with Crippen molar-refractivity contribution in [3.8, 4) is 0 Å². The maximum atomic E-state index is 11.2. The highest BCUT2D eigenvalue weighted by molar-refractivity contribution is 5.77. The molecule has 0 aliphatic carbocycles. The van der Waals surface area contributed by atoms with Gasteiger partial charge < -0.3 is 18.9 Å². The molecular weight excluding hydrogens is 200 g/mol. The molecule has 2 saturated heterocycles. The average Bonchev–Trinajstić information content (AvgIpc) is 2.92. The van der Waals surface area contributed by atoms with Crippen LogP contribution < -0.4 is 0 Å². The molecule has 2 heterocycles. The van der Waals surface area contributed by atoms with Crippen molar-refractivity contribution in [2.24, 2.45) is 5.92 Å².